The number of thiazole rings is 1. The average molecular weight is 337 g/mol. The molecule has 1 aromatic rings. The maximum absolute atomic E-state index is 12.5. The largest absolute Gasteiger partial charge is 0.339 e. The van der Waals surface area contributed by atoms with Crippen LogP contribution in [0.5, 0.6) is 0 Å². The third-order valence-electron chi connectivity index (χ3n) is 5.25. The van der Waals surface area contributed by atoms with Crippen LogP contribution in [-0.4, -0.2) is 70.9 Å². The molecule has 0 aromatic carbocycles. The van der Waals surface area contributed by atoms with Crippen LogP contribution < -0.4 is 0 Å². The van der Waals surface area contributed by atoms with Crippen LogP contribution in [0.1, 0.15) is 44.2 Å². The first-order valence-corrected chi connectivity index (χ1v) is 9.68. The van der Waals surface area contributed by atoms with Gasteiger partial charge in [0.25, 0.3) is 0 Å². The standard InChI is InChI=1S/C17H28N4OS/c1-14-5-3-4-7-21(14)16(22)13-19-8-10-20(11-9-19)15(2)17-18-6-12-23-17/h6,12,14-15H,3-5,7-11,13H2,1-2H3. The first-order chi connectivity index (χ1) is 11.1. The fourth-order valence-electron chi connectivity index (χ4n) is 3.66. The highest BCUT2D eigenvalue weighted by Gasteiger charge is 2.27. The maximum atomic E-state index is 12.5. The van der Waals surface area contributed by atoms with E-state index in [0.717, 1.165) is 45.6 Å². The minimum absolute atomic E-state index is 0.318. The van der Waals surface area contributed by atoms with Gasteiger partial charge in [-0.3, -0.25) is 14.6 Å². The maximum Gasteiger partial charge on any atom is 0.236 e. The molecule has 3 heterocycles. The molecule has 0 radical (unpaired) electrons. The molecule has 2 unspecified atom stereocenters. The summed E-state index contributed by atoms with van der Waals surface area (Å²) in [5.74, 6) is 0.318. The number of aromatic nitrogens is 1. The van der Waals surface area contributed by atoms with Crippen molar-refractivity contribution >= 4 is 17.2 Å². The molecule has 128 valence electrons. The Bertz CT molecular complexity index is 499. The van der Waals surface area contributed by atoms with Crippen LogP contribution in [0, 0.1) is 0 Å². The van der Waals surface area contributed by atoms with Crippen LogP contribution in [0.25, 0.3) is 0 Å². The Hall–Kier alpha value is -0.980. The lowest BCUT2D eigenvalue weighted by atomic mass is 10.0. The molecule has 0 aliphatic carbocycles. The highest BCUT2D eigenvalue weighted by molar-refractivity contribution is 7.09. The Labute approximate surface area is 143 Å². The Morgan fingerprint density at radius 2 is 2.09 bits per heavy atom. The fraction of sp³-hybridized carbons (Fsp3) is 0.765. The number of piperazine rings is 1. The number of amides is 1. The summed E-state index contributed by atoms with van der Waals surface area (Å²) in [5.41, 5.74) is 0. The molecule has 23 heavy (non-hydrogen) atoms. The van der Waals surface area contributed by atoms with Crippen molar-refractivity contribution in [3.05, 3.63) is 16.6 Å². The van der Waals surface area contributed by atoms with Gasteiger partial charge in [-0.05, 0) is 33.1 Å². The van der Waals surface area contributed by atoms with Gasteiger partial charge in [0.15, 0.2) is 0 Å². The van der Waals surface area contributed by atoms with E-state index >= 15 is 0 Å². The normalized spacial score (nSPS) is 25.5. The van der Waals surface area contributed by atoms with Crippen molar-refractivity contribution in [2.24, 2.45) is 0 Å². The van der Waals surface area contributed by atoms with E-state index in [4.69, 9.17) is 0 Å². The van der Waals surface area contributed by atoms with E-state index < -0.39 is 0 Å². The first-order valence-electron chi connectivity index (χ1n) is 8.80. The minimum atomic E-state index is 0.318. The fourth-order valence-corrected chi connectivity index (χ4v) is 4.39. The van der Waals surface area contributed by atoms with Crippen LogP contribution in [0.4, 0.5) is 0 Å². The molecule has 2 saturated heterocycles. The third-order valence-corrected chi connectivity index (χ3v) is 6.19. The summed E-state index contributed by atoms with van der Waals surface area (Å²) in [7, 11) is 0. The molecule has 2 fully saturated rings. The van der Waals surface area contributed by atoms with Crippen molar-refractivity contribution < 1.29 is 4.79 Å². The van der Waals surface area contributed by atoms with Gasteiger partial charge in [-0.2, -0.15) is 0 Å². The summed E-state index contributed by atoms with van der Waals surface area (Å²) in [4.78, 5) is 23.9. The number of carbonyl (C=O) groups is 1. The second kappa shape index (κ2) is 7.73. The summed E-state index contributed by atoms with van der Waals surface area (Å²) < 4.78 is 0. The predicted octanol–water partition coefficient (Wildman–Crippen LogP) is 2.22. The van der Waals surface area contributed by atoms with Gasteiger partial charge in [0, 0.05) is 50.3 Å². The Kier molecular flexibility index (Phi) is 5.67. The molecule has 0 N–H and O–H groups in total. The third kappa shape index (κ3) is 4.11. The lowest BCUT2D eigenvalue weighted by molar-refractivity contribution is -0.136. The van der Waals surface area contributed by atoms with E-state index in [2.05, 4.69) is 33.5 Å². The number of nitrogens with zero attached hydrogens (tertiary/aromatic N) is 4. The summed E-state index contributed by atoms with van der Waals surface area (Å²) in [6, 6.07) is 0.803. The van der Waals surface area contributed by atoms with E-state index in [-0.39, 0.29) is 0 Å². The number of likely N-dealkylation sites (tertiary alicyclic amines) is 1. The van der Waals surface area contributed by atoms with Gasteiger partial charge < -0.3 is 4.90 Å². The van der Waals surface area contributed by atoms with Gasteiger partial charge in [0.05, 0.1) is 12.6 Å². The Balaban J connectivity index is 1.46. The van der Waals surface area contributed by atoms with Crippen molar-refractivity contribution in [3.63, 3.8) is 0 Å². The number of rotatable bonds is 4. The SMILES string of the molecule is CC(c1nccs1)N1CCN(CC(=O)N2CCCCC2C)CC1. The van der Waals surface area contributed by atoms with Gasteiger partial charge in [0.1, 0.15) is 5.01 Å². The lowest BCUT2D eigenvalue weighted by Crippen LogP contribution is -2.52. The second-order valence-corrected chi connectivity index (χ2v) is 7.72. The highest BCUT2D eigenvalue weighted by Crippen LogP contribution is 2.23. The molecule has 3 rings (SSSR count). The molecular formula is C17H28N4OS. The smallest absolute Gasteiger partial charge is 0.236 e. The van der Waals surface area contributed by atoms with E-state index in [9.17, 15) is 4.79 Å². The molecule has 0 bridgehead atoms. The molecule has 0 saturated carbocycles. The molecule has 5 nitrogen and oxygen atoms in total. The predicted molar refractivity (Wildman–Crippen MR) is 93.6 cm³/mol. The molecule has 6 heteroatoms. The van der Waals surface area contributed by atoms with Crippen LogP contribution in [-0.2, 0) is 4.79 Å². The zero-order valence-electron chi connectivity index (χ0n) is 14.3. The van der Waals surface area contributed by atoms with E-state index in [1.165, 1.54) is 11.4 Å². The zero-order chi connectivity index (χ0) is 16.2. The van der Waals surface area contributed by atoms with Crippen LogP contribution in [0.15, 0.2) is 11.6 Å². The first kappa shape index (κ1) is 16.9. The Morgan fingerprint density at radius 3 is 2.74 bits per heavy atom. The van der Waals surface area contributed by atoms with E-state index in [0.29, 0.717) is 24.5 Å². The van der Waals surface area contributed by atoms with Crippen molar-refractivity contribution in [1.82, 2.24) is 19.7 Å². The zero-order valence-corrected chi connectivity index (χ0v) is 15.1. The molecular weight excluding hydrogens is 308 g/mol. The van der Waals surface area contributed by atoms with Gasteiger partial charge in [-0.1, -0.05) is 0 Å². The molecule has 1 aromatic heterocycles. The van der Waals surface area contributed by atoms with Crippen molar-refractivity contribution in [3.8, 4) is 0 Å². The average Bonchev–Trinajstić information content (AvgIpc) is 3.09. The summed E-state index contributed by atoms with van der Waals surface area (Å²) in [5, 5.41) is 3.23. The summed E-state index contributed by atoms with van der Waals surface area (Å²) in [6.07, 6.45) is 5.46. The van der Waals surface area contributed by atoms with Gasteiger partial charge in [0.2, 0.25) is 5.91 Å². The second-order valence-electron chi connectivity index (χ2n) is 6.79. The monoisotopic (exact) mass is 336 g/mol. The molecule has 2 aliphatic rings. The van der Waals surface area contributed by atoms with Crippen molar-refractivity contribution in [2.45, 2.75) is 45.2 Å². The Morgan fingerprint density at radius 1 is 1.30 bits per heavy atom. The van der Waals surface area contributed by atoms with E-state index in [1.54, 1.807) is 11.3 Å². The van der Waals surface area contributed by atoms with Crippen molar-refractivity contribution in [1.29, 1.82) is 0 Å². The molecule has 2 aliphatic heterocycles. The van der Waals surface area contributed by atoms with Gasteiger partial charge >= 0.3 is 0 Å². The molecule has 1 amide bonds. The van der Waals surface area contributed by atoms with Gasteiger partial charge in [-0.15, -0.1) is 11.3 Å². The lowest BCUT2D eigenvalue weighted by Gasteiger charge is -2.39. The van der Waals surface area contributed by atoms with Crippen LogP contribution in [0.2, 0.25) is 0 Å². The number of hydrogen-bond donors (Lipinski definition) is 0. The summed E-state index contributed by atoms with van der Waals surface area (Å²) in [6.45, 7) is 9.94. The highest BCUT2D eigenvalue weighted by atomic mass is 32.1. The van der Waals surface area contributed by atoms with Crippen LogP contribution in [0.3, 0.4) is 0 Å². The quantitative estimate of drug-likeness (QED) is 0.845. The van der Waals surface area contributed by atoms with Crippen LogP contribution >= 0.6 is 11.3 Å². The topological polar surface area (TPSA) is 39.7 Å². The minimum Gasteiger partial charge on any atom is -0.339 e. The number of piperidine rings is 1. The van der Waals surface area contributed by atoms with E-state index in [1.807, 2.05) is 11.6 Å². The number of hydrogen-bond acceptors (Lipinski definition) is 5. The van der Waals surface area contributed by atoms with Gasteiger partial charge in [-0.25, -0.2) is 4.98 Å². The summed E-state index contributed by atoms with van der Waals surface area (Å²) >= 11 is 1.73. The van der Waals surface area contributed by atoms with Crippen molar-refractivity contribution in [2.75, 3.05) is 39.3 Å². The molecule has 0 spiro atoms. The number of carbonyl (C=O) groups excluding carboxylic acids is 1. The molecule has 2 atom stereocenters.